The second kappa shape index (κ2) is 8.11. The Morgan fingerprint density at radius 3 is 2.48 bits per heavy atom. The number of hydrogen-bond acceptors (Lipinski definition) is 6. The first kappa shape index (κ1) is 18.7. The summed E-state index contributed by atoms with van der Waals surface area (Å²) in [5.74, 6) is 5.73. The number of carbonyl (C=O) groups excluding carboxylic acids is 2. The number of nitrogens with zero attached hydrogens (tertiary/aromatic N) is 3. The zero-order valence-electron chi connectivity index (χ0n) is 13.9. The van der Waals surface area contributed by atoms with Gasteiger partial charge in [0.1, 0.15) is 0 Å². The lowest BCUT2D eigenvalue weighted by molar-refractivity contribution is -0.113. The zero-order valence-corrected chi connectivity index (χ0v) is 15.5. The van der Waals surface area contributed by atoms with Crippen molar-refractivity contribution in [2.75, 3.05) is 16.9 Å². The lowest BCUT2D eigenvalue weighted by Crippen LogP contribution is -2.16. The van der Waals surface area contributed by atoms with E-state index in [1.165, 1.54) is 16.8 Å². The van der Waals surface area contributed by atoms with Crippen LogP contribution >= 0.6 is 23.4 Å². The van der Waals surface area contributed by atoms with Gasteiger partial charge < -0.3 is 16.9 Å². The highest BCUT2D eigenvalue weighted by Crippen LogP contribution is 2.27. The van der Waals surface area contributed by atoms with Gasteiger partial charge in [0.05, 0.1) is 10.8 Å². The first-order valence-corrected chi connectivity index (χ1v) is 9.10. The summed E-state index contributed by atoms with van der Waals surface area (Å²) in [6.45, 7) is 0. The fraction of sp³-hybridized carbons (Fsp3) is 0.0588. The highest BCUT2D eigenvalue weighted by molar-refractivity contribution is 7.99. The Morgan fingerprint density at radius 1 is 1.11 bits per heavy atom. The minimum absolute atomic E-state index is 0.0788. The Balaban J connectivity index is 1.62. The molecule has 0 aliphatic heterocycles. The second-order valence-corrected chi connectivity index (χ2v) is 6.78. The lowest BCUT2D eigenvalue weighted by Gasteiger charge is -2.06. The predicted molar refractivity (Wildman–Crippen MR) is 105 cm³/mol. The van der Waals surface area contributed by atoms with Crippen molar-refractivity contribution in [2.24, 2.45) is 5.73 Å². The molecule has 0 atom stereocenters. The number of aromatic nitrogens is 3. The van der Waals surface area contributed by atoms with Crippen LogP contribution in [0.5, 0.6) is 0 Å². The van der Waals surface area contributed by atoms with Crippen LogP contribution in [0.3, 0.4) is 0 Å². The fourth-order valence-corrected chi connectivity index (χ4v) is 3.12. The van der Waals surface area contributed by atoms with Gasteiger partial charge >= 0.3 is 0 Å². The molecule has 2 amide bonds. The van der Waals surface area contributed by atoms with Gasteiger partial charge in [-0.2, -0.15) is 0 Å². The number of halogens is 1. The van der Waals surface area contributed by atoms with Crippen LogP contribution in [-0.2, 0) is 4.79 Å². The zero-order chi connectivity index (χ0) is 19.4. The molecule has 3 aromatic rings. The third kappa shape index (κ3) is 4.39. The van der Waals surface area contributed by atoms with Gasteiger partial charge in [0, 0.05) is 16.8 Å². The van der Waals surface area contributed by atoms with E-state index in [0.29, 0.717) is 32.8 Å². The maximum Gasteiger partial charge on any atom is 0.248 e. The standard InChI is InChI=1S/C17H15ClN6O2S/c18-13-4-2-1-3-12(13)16-22-23-17(24(16)20)27-9-14(25)21-11-7-5-10(6-8-11)15(19)26/h1-8H,9,20H2,(H2,19,26)(H,21,25). The second-order valence-electron chi connectivity index (χ2n) is 5.43. The fourth-order valence-electron chi connectivity index (χ4n) is 2.25. The minimum atomic E-state index is -0.528. The van der Waals surface area contributed by atoms with Crippen LogP contribution in [-0.4, -0.2) is 32.4 Å². The van der Waals surface area contributed by atoms with Crippen molar-refractivity contribution >= 4 is 40.9 Å². The van der Waals surface area contributed by atoms with E-state index in [2.05, 4.69) is 15.5 Å². The van der Waals surface area contributed by atoms with Crippen LogP contribution in [0.4, 0.5) is 5.69 Å². The average Bonchev–Trinajstić information content (AvgIpc) is 3.01. The van der Waals surface area contributed by atoms with Crippen LogP contribution in [0.15, 0.2) is 53.7 Å². The predicted octanol–water partition coefficient (Wildman–Crippen LogP) is 2.14. The molecule has 0 unspecified atom stereocenters. The Labute approximate surface area is 163 Å². The van der Waals surface area contributed by atoms with E-state index in [1.807, 2.05) is 6.07 Å². The van der Waals surface area contributed by atoms with Crippen molar-refractivity contribution in [3.05, 3.63) is 59.1 Å². The number of primary amides is 1. The number of carbonyl (C=O) groups is 2. The number of hydrogen-bond donors (Lipinski definition) is 3. The highest BCUT2D eigenvalue weighted by Gasteiger charge is 2.15. The number of nitrogens with one attached hydrogen (secondary N) is 1. The topological polar surface area (TPSA) is 129 Å². The third-order valence-corrected chi connectivity index (χ3v) is 4.84. The number of anilines is 1. The molecule has 0 bridgehead atoms. The molecule has 1 heterocycles. The SMILES string of the molecule is NC(=O)c1ccc(NC(=O)CSc2nnc(-c3ccccc3Cl)n2N)cc1. The summed E-state index contributed by atoms with van der Waals surface area (Å²) in [4.78, 5) is 23.2. The third-order valence-electron chi connectivity index (χ3n) is 3.56. The maximum absolute atomic E-state index is 12.1. The first-order chi connectivity index (χ1) is 13.0. The molecule has 1 aromatic heterocycles. The van der Waals surface area contributed by atoms with Gasteiger partial charge in [-0.3, -0.25) is 9.59 Å². The van der Waals surface area contributed by atoms with Gasteiger partial charge in [-0.15, -0.1) is 10.2 Å². The summed E-state index contributed by atoms with van der Waals surface area (Å²) in [5, 5.41) is 11.6. The van der Waals surface area contributed by atoms with Crippen molar-refractivity contribution in [3.63, 3.8) is 0 Å². The molecule has 0 spiro atoms. The van der Waals surface area contributed by atoms with Crippen LogP contribution in [0, 0.1) is 0 Å². The highest BCUT2D eigenvalue weighted by atomic mass is 35.5. The normalized spacial score (nSPS) is 10.6. The maximum atomic E-state index is 12.1. The summed E-state index contributed by atoms with van der Waals surface area (Å²) in [6.07, 6.45) is 0. The van der Waals surface area contributed by atoms with Crippen molar-refractivity contribution in [1.29, 1.82) is 0 Å². The molecule has 0 radical (unpaired) electrons. The molecule has 3 rings (SSSR count). The molecule has 138 valence electrons. The number of benzene rings is 2. The Hall–Kier alpha value is -3.04. The van der Waals surface area contributed by atoms with Crippen molar-refractivity contribution in [1.82, 2.24) is 14.9 Å². The van der Waals surface area contributed by atoms with Crippen LogP contribution in [0.1, 0.15) is 10.4 Å². The molecule has 8 nitrogen and oxygen atoms in total. The van der Waals surface area contributed by atoms with E-state index < -0.39 is 5.91 Å². The van der Waals surface area contributed by atoms with E-state index in [1.54, 1.807) is 30.3 Å². The van der Waals surface area contributed by atoms with Crippen molar-refractivity contribution in [2.45, 2.75) is 5.16 Å². The molecule has 27 heavy (non-hydrogen) atoms. The molecule has 5 N–H and O–H groups in total. The van der Waals surface area contributed by atoms with Crippen LogP contribution in [0.25, 0.3) is 11.4 Å². The van der Waals surface area contributed by atoms with Gasteiger partial charge in [-0.05, 0) is 36.4 Å². The molecule has 0 fully saturated rings. The van der Waals surface area contributed by atoms with Gasteiger partial charge in [0.2, 0.25) is 17.0 Å². The summed E-state index contributed by atoms with van der Waals surface area (Å²) in [5.41, 5.74) is 6.75. The molecular formula is C17H15ClN6O2S. The van der Waals surface area contributed by atoms with Gasteiger partial charge in [0.25, 0.3) is 0 Å². The largest absolute Gasteiger partial charge is 0.366 e. The quantitative estimate of drug-likeness (QED) is 0.428. The van der Waals surface area contributed by atoms with E-state index in [9.17, 15) is 9.59 Å². The van der Waals surface area contributed by atoms with Crippen molar-refractivity contribution in [3.8, 4) is 11.4 Å². The molecule has 10 heteroatoms. The molecule has 0 aliphatic carbocycles. The number of thioether (sulfide) groups is 1. The molecule has 2 aromatic carbocycles. The van der Waals surface area contributed by atoms with E-state index >= 15 is 0 Å². The molecule has 0 saturated heterocycles. The van der Waals surface area contributed by atoms with Crippen LogP contribution in [0.2, 0.25) is 5.02 Å². The van der Waals surface area contributed by atoms with E-state index in [0.717, 1.165) is 11.8 Å². The number of rotatable bonds is 6. The average molecular weight is 403 g/mol. The van der Waals surface area contributed by atoms with Crippen LogP contribution < -0.4 is 16.9 Å². The monoisotopic (exact) mass is 402 g/mol. The summed E-state index contributed by atoms with van der Waals surface area (Å²) < 4.78 is 1.29. The lowest BCUT2D eigenvalue weighted by atomic mass is 10.2. The van der Waals surface area contributed by atoms with Gasteiger partial charge in [0.15, 0.2) is 5.82 Å². The number of nitrogens with two attached hydrogens (primary N) is 2. The Morgan fingerprint density at radius 2 is 1.81 bits per heavy atom. The summed E-state index contributed by atoms with van der Waals surface area (Å²) in [6, 6.07) is 13.4. The summed E-state index contributed by atoms with van der Waals surface area (Å²) in [7, 11) is 0. The number of amides is 2. The molecule has 0 aliphatic rings. The number of nitrogen functional groups attached to an aromatic ring is 1. The first-order valence-electron chi connectivity index (χ1n) is 7.73. The van der Waals surface area contributed by atoms with E-state index in [4.69, 9.17) is 23.2 Å². The minimum Gasteiger partial charge on any atom is -0.366 e. The van der Waals surface area contributed by atoms with E-state index in [-0.39, 0.29) is 11.7 Å². The molecule has 0 saturated carbocycles. The molecular weight excluding hydrogens is 388 g/mol. The summed E-state index contributed by atoms with van der Waals surface area (Å²) >= 11 is 7.29. The van der Waals surface area contributed by atoms with Gasteiger partial charge in [-0.1, -0.05) is 35.5 Å². The smallest absolute Gasteiger partial charge is 0.248 e. The van der Waals surface area contributed by atoms with Gasteiger partial charge in [-0.25, -0.2) is 4.68 Å². The Kier molecular flexibility index (Phi) is 5.63. The Bertz CT molecular complexity index is 989. The van der Waals surface area contributed by atoms with Crippen molar-refractivity contribution < 1.29 is 9.59 Å².